The Bertz CT molecular complexity index is 403. The molecule has 1 amide bonds. The second kappa shape index (κ2) is 4.03. The van der Waals surface area contributed by atoms with Crippen molar-refractivity contribution in [1.82, 2.24) is 5.32 Å². The SMILES string of the molecule is CC(C)(CNC(=O)C1CC1(Cl)Cl)S(C)(=O)=O. The van der Waals surface area contributed by atoms with Crippen LogP contribution in [-0.4, -0.2) is 36.2 Å². The highest BCUT2D eigenvalue weighted by molar-refractivity contribution is 7.92. The molecule has 1 atom stereocenters. The van der Waals surface area contributed by atoms with Gasteiger partial charge in [0.05, 0.1) is 10.7 Å². The number of carbonyl (C=O) groups excluding carboxylic acids is 1. The maximum absolute atomic E-state index is 11.5. The van der Waals surface area contributed by atoms with Crippen LogP contribution in [0.3, 0.4) is 0 Å². The van der Waals surface area contributed by atoms with Crippen molar-refractivity contribution in [3.63, 3.8) is 0 Å². The first kappa shape index (κ1) is 14.1. The van der Waals surface area contributed by atoms with Crippen molar-refractivity contribution in [3.8, 4) is 0 Å². The minimum atomic E-state index is -3.21. The van der Waals surface area contributed by atoms with Crippen LogP contribution in [0.5, 0.6) is 0 Å². The topological polar surface area (TPSA) is 63.2 Å². The molecule has 1 rings (SSSR count). The summed E-state index contributed by atoms with van der Waals surface area (Å²) >= 11 is 11.5. The first-order valence-corrected chi connectivity index (χ1v) is 7.47. The number of rotatable bonds is 4. The molecule has 16 heavy (non-hydrogen) atoms. The van der Waals surface area contributed by atoms with Gasteiger partial charge in [0.15, 0.2) is 9.84 Å². The third kappa shape index (κ3) is 3.02. The average Bonchev–Trinajstić information content (AvgIpc) is 2.69. The number of sulfone groups is 1. The lowest BCUT2D eigenvalue weighted by molar-refractivity contribution is -0.122. The minimum absolute atomic E-state index is 0.0605. The van der Waals surface area contributed by atoms with Crippen molar-refractivity contribution in [3.05, 3.63) is 0 Å². The molecule has 1 fully saturated rings. The Morgan fingerprint density at radius 3 is 2.25 bits per heavy atom. The Labute approximate surface area is 106 Å². The Morgan fingerprint density at radius 2 is 1.94 bits per heavy atom. The summed E-state index contributed by atoms with van der Waals surface area (Å²) in [6.45, 7) is 3.18. The van der Waals surface area contributed by atoms with Crippen LogP contribution in [0.15, 0.2) is 0 Å². The predicted molar refractivity (Wildman–Crippen MR) is 64.5 cm³/mol. The molecule has 1 aliphatic rings. The molecular weight excluding hydrogens is 273 g/mol. The molecule has 1 saturated carbocycles. The van der Waals surface area contributed by atoms with E-state index in [9.17, 15) is 13.2 Å². The number of halogens is 2. The molecule has 0 saturated heterocycles. The van der Waals surface area contributed by atoms with Crippen LogP contribution in [0.1, 0.15) is 20.3 Å². The Kier molecular flexibility index (Phi) is 3.54. The van der Waals surface area contributed by atoms with Gasteiger partial charge >= 0.3 is 0 Å². The van der Waals surface area contributed by atoms with E-state index in [2.05, 4.69) is 5.32 Å². The largest absolute Gasteiger partial charge is 0.354 e. The van der Waals surface area contributed by atoms with Crippen LogP contribution in [0.25, 0.3) is 0 Å². The van der Waals surface area contributed by atoms with E-state index in [1.54, 1.807) is 13.8 Å². The number of hydrogen-bond donors (Lipinski definition) is 1. The summed E-state index contributed by atoms with van der Waals surface area (Å²) in [5, 5.41) is 2.56. The second-order valence-electron chi connectivity index (χ2n) is 4.77. The van der Waals surface area contributed by atoms with Crippen molar-refractivity contribution in [2.75, 3.05) is 12.8 Å². The molecule has 0 aliphatic heterocycles. The third-order valence-electron chi connectivity index (χ3n) is 2.83. The molecule has 94 valence electrons. The molecule has 0 radical (unpaired) electrons. The smallest absolute Gasteiger partial charge is 0.226 e. The lowest BCUT2D eigenvalue weighted by Gasteiger charge is -2.22. The summed E-state index contributed by atoms with van der Waals surface area (Å²) in [7, 11) is -3.21. The van der Waals surface area contributed by atoms with Crippen LogP contribution < -0.4 is 5.32 Å². The fourth-order valence-corrected chi connectivity index (χ4v) is 1.89. The van der Waals surface area contributed by atoms with Gasteiger partial charge in [0.25, 0.3) is 0 Å². The first-order valence-electron chi connectivity index (χ1n) is 4.82. The van der Waals surface area contributed by atoms with Crippen LogP contribution in [-0.2, 0) is 14.6 Å². The average molecular weight is 288 g/mol. The van der Waals surface area contributed by atoms with E-state index < -0.39 is 24.8 Å². The number of amides is 1. The van der Waals surface area contributed by atoms with Gasteiger partial charge in [-0.15, -0.1) is 23.2 Å². The Hall–Kier alpha value is -0.000000000000000111. The van der Waals surface area contributed by atoms with Crippen molar-refractivity contribution >= 4 is 38.9 Å². The summed E-state index contributed by atoms with van der Waals surface area (Å²) in [5.74, 6) is -0.715. The van der Waals surface area contributed by atoms with E-state index in [1.165, 1.54) is 0 Å². The highest BCUT2D eigenvalue weighted by Crippen LogP contribution is 2.53. The van der Waals surface area contributed by atoms with Crippen LogP contribution in [0, 0.1) is 5.92 Å². The van der Waals surface area contributed by atoms with Crippen molar-refractivity contribution < 1.29 is 13.2 Å². The molecular formula is C9H15Cl2NO3S. The number of carbonyl (C=O) groups is 1. The summed E-state index contributed by atoms with van der Waals surface area (Å²) in [5.41, 5.74) is 0. The first-order chi connectivity index (χ1) is 6.97. The molecule has 1 aliphatic carbocycles. The fourth-order valence-electron chi connectivity index (χ4n) is 1.05. The van der Waals surface area contributed by atoms with Gasteiger partial charge in [-0.1, -0.05) is 0 Å². The zero-order valence-corrected chi connectivity index (χ0v) is 11.7. The molecule has 1 N–H and O–H groups in total. The highest BCUT2D eigenvalue weighted by atomic mass is 35.5. The van der Waals surface area contributed by atoms with Gasteiger partial charge in [-0.3, -0.25) is 4.79 Å². The van der Waals surface area contributed by atoms with Gasteiger partial charge in [0, 0.05) is 12.8 Å². The summed E-state index contributed by atoms with van der Waals surface area (Å²) < 4.78 is 20.8. The standard InChI is InChI=1S/C9H15Cl2NO3S/c1-8(2,16(3,14)15)5-12-7(13)6-4-9(6,10)11/h6H,4-5H2,1-3H3,(H,12,13). The predicted octanol–water partition coefficient (Wildman–Crippen LogP) is 1.12. The number of nitrogens with one attached hydrogen (secondary N) is 1. The molecule has 0 aromatic rings. The minimum Gasteiger partial charge on any atom is -0.354 e. The van der Waals surface area contributed by atoms with Gasteiger partial charge in [0.2, 0.25) is 5.91 Å². The Balaban J connectivity index is 2.51. The van der Waals surface area contributed by atoms with Gasteiger partial charge in [-0.05, 0) is 20.3 Å². The summed E-state index contributed by atoms with van der Waals surface area (Å²) in [6, 6.07) is 0. The molecule has 0 heterocycles. The van der Waals surface area contributed by atoms with Crippen LogP contribution >= 0.6 is 23.2 Å². The maximum Gasteiger partial charge on any atom is 0.226 e. The van der Waals surface area contributed by atoms with Gasteiger partial charge < -0.3 is 5.32 Å². The van der Waals surface area contributed by atoms with Crippen LogP contribution in [0.4, 0.5) is 0 Å². The van der Waals surface area contributed by atoms with Crippen molar-refractivity contribution in [1.29, 1.82) is 0 Å². The highest BCUT2D eigenvalue weighted by Gasteiger charge is 2.56. The van der Waals surface area contributed by atoms with E-state index in [0.717, 1.165) is 6.26 Å². The van der Waals surface area contributed by atoms with E-state index in [-0.39, 0.29) is 12.5 Å². The molecule has 7 heteroatoms. The molecule has 0 spiro atoms. The van der Waals surface area contributed by atoms with E-state index in [1.807, 2.05) is 0 Å². The normalized spacial score (nSPS) is 23.9. The molecule has 0 aromatic carbocycles. The van der Waals surface area contributed by atoms with Crippen molar-refractivity contribution in [2.45, 2.75) is 29.3 Å². The van der Waals surface area contributed by atoms with Gasteiger partial charge in [-0.2, -0.15) is 0 Å². The lowest BCUT2D eigenvalue weighted by Crippen LogP contribution is -2.44. The molecule has 4 nitrogen and oxygen atoms in total. The number of alkyl halides is 2. The van der Waals surface area contributed by atoms with Crippen LogP contribution in [0.2, 0.25) is 0 Å². The maximum atomic E-state index is 11.5. The van der Waals surface area contributed by atoms with Gasteiger partial charge in [0.1, 0.15) is 4.33 Å². The lowest BCUT2D eigenvalue weighted by atomic mass is 10.2. The van der Waals surface area contributed by atoms with Crippen molar-refractivity contribution in [2.24, 2.45) is 5.92 Å². The second-order valence-corrected chi connectivity index (χ2v) is 8.96. The number of hydrogen-bond acceptors (Lipinski definition) is 3. The molecule has 0 aromatic heterocycles. The summed E-state index contributed by atoms with van der Waals surface area (Å²) in [6.07, 6.45) is 1.56. The zero-order chi connectivity index (χ0) is 12.8. The zero-order valence-electron chi connectivity index (χ0n) is 9.38. The quantitative estimate of drug-likeness (QED) is 0.788. The van der Waals surface area contributed by atoms with E-state index in [4.69, 9.17) is 23.2 Å². The van der Waals surface area contributed by atoms with Gasteiger partial charge in [-0.25, -0.2) is 8.42 Å². The fraction of sp³-hybridized carbons (Fsp3) is 0.889. The van der Waals surface area contributed by atoms with E-state index in [0.29, 0.717) is 6.42 Å². The van der Waals surface area contributed by atoms with E-state index >= 15 is 0 Å². The Morgan fingerprint density at radius 1 is 1.50 bits per heavy atom. The molecule has 1 unspecified atom stereocenters. The molecule has 0 bridgehead atoms. The third-order valence-corrected chi connectivity index (χ3v) is 5.82. The monoisotopic (exact) mass is 287 g/mol. The summed E-state index contributed by atoms with van der Waals surface area (Å²) in [4.78, 5) is 11.5.